The fourth-order valence-corrected chi connectivity index (χ4v) is 6.79. The molecule has 0 aliphatic heterocycles. The van der Waals surface area contributed by atoms with Crippen LogP contribution < -0.4 is 15.1 Å². The second kappa shape index (κ2) is 13.5. The highest BCUT2D eigenvalue weighted by atomic mass is 35.5. The van der Waals surface area contributed by atoms with E-state index in [1.807, 2.05) is 0 Å². The van der Waals surface area contributed by atoms with Gasteiger partial charge in [0, 0.05) is 68.8 Å². The summed E-state index contributed by atoms with van der Waals surface area (Å²) in [4.78, 5) is 26.8. The Morgan fingerprint density at radius 3 is 1.68 bits per heavy atom. The number of amides is 4. The first-order valence-electron chi connectivity index (χ1n) is 10.0. The Balaban J connectivity index is 0.000000375. The molecule has 37 heavy (non-hydrogen) atoms. The number of alkyl halides is 1. The summed E-state index contributed by atoms with van der Waals surface area (Å²) in [6.07, 6.45) is 0. The van der Waals surface area contributed by atoms with Gasteiger partial charge in [0.1, 0.15) is 0 Å². The third kappa shape index (κ3) is 8.12. The molecule has 0 spiro atoms. The third-order valence-electron chi connectivity index (χ3n) is 4.29. The monoisotopic (exact) mass is 620 g/mol. The summed E-state index contributed by atoms with van der Waals surface area (Å²) in [6, 6.07) is -0.714. The van der Waals surface area contributed by atoms with Crippen LogP contribution in [-0.2, 0) is 20.0 Å². The van der Waals surface area contributed by atoms with E-state index in [1.54, 1.807) is 14.1 Å². The van der Waals surface area contributed by atoms with Crippen molar-refractivity contribution in [2.24, 2.45) is 0 Å². The summed E-state index contributed by atoms with van der Waals surface area (Å²) in [6.45, 7) is 0.172. The van der Waals surface area contributed by atoms with Crippen molar-refractivity contribution >= 4 is 76.6 Å². The predicted octanol–water partition coefficient (Wildman–Crippen LogP) is 0.0792. The maximum absolute atomic E-state index is 12.1. The molecule has 0 saturated heterocycles. The van der Waals surface area contributed by atoms with Crippen LogP contribution in [0.1, 0.15) is 0 Å². The van der Waals surface area contributed by atoms with Gasteiger partial charge in [-0.1, -0.05) is 22.7 Å². The first-order chi connectivity index (χ1) is 17.0. The van der Waals surface area contributed by atoms with Crippen molar-refractivity contribution in [3.05, 3.63) is 0 Å². The molecule has 0 aliphatic rings. The topological polar surface area (TPSA) is 182 Å². The van der Waals surface area contributed by atoms with Crippen molar-refractivity contribution < 1.29 is 26.4 Å². The van der Waals surface area contributed by atoms with Gasteiger partial charge in [0.25, 0.3) is 20.0 Å². The van der Waals surface area contributed by atoms with E-state index >= 15 is 0 Å². The standard InChI is InChI=1S/C9H16ClN5O3S2.C7H13N5O3S2/c1-13(2)9(16)15(4)7-11-12-8(19-7)20(17,18)14(3)6-5-10;1-8-5(13)12(4)6-9-10-7(16-6)17(14,15)11(2)3/h5-6H2,1-4H3;1-4H3,(H,8,13). The van der Waals surface area contributed by atoms with Gasteiger partial charge in [0.2, 0.25) is 18.9 Å². The molecule has 16 nitrogen and oxygen atoms in total. The molecule has 0 fully saturated rings. The summed E-state index contributed by atoms with van der Waals surface area (Å²) in [5, 5.41) is 17.4. The van der Waals surface area contributed by atoms with Crippen LogP contribution in [0.25, 0.3) is 0 Å². The van der Waals surface area contributed by atoms with Gasteiger partial charge in [-0.2, -0.15) is 4.31 Å². The van der Waals surface area contributed by atoms with E-state index in [0.717, 1.165) is 31.3 Å². The van der Waals surface area contributed by atoms with Crippen molar-refractivity contribution in [2.75, 3.05) is 78.6 Å². The van der Waals surface area contributed by atoms with Crippen LogP contribution in [0, 0.1) is 0 Å². The lowest BCUT2D eigenvalue weighted by molar-refractivity contribution is 0.225. The zero-order valence-corrected chi connectivity index (χ0v) is 25.4. The van der Waals surface area contributed by atoms with E-state index < -0.39 is 26.1 Å². The van der Waals surface area contributed by atoms with Gasteiger partial charge in [0.15, 0.2) is 0 Å². The molecule has 2 rings (SSSR count). The van der Waals surface area contributed by atoms with Crippen molar-refractivity contribution in [1.29, 1.82) is 0 Å². The van der Waals surface area contributed by atoms with Crippen LogP contribution in [0.2, 0.25) is 0 Å². The van der Waals surface area contributed by atoms with Crippen LogP contribution in [-0.4, -0.2) is 132 Å². The Labute approximate surface area is 228 Å². The molecule has 210 valence electrons. The van der Waals surface area contributed by atoms with Crippen LogP contribution in [0.4, 0.5) is 19.9 Å². The second-order valence-corrected chi connectivity index (χ2v) is 14.2. The van der Waals surface area contributed by atoms with Gasteiger partial charge in [-0.05, 0) is 0 Å². The van der Waals surface area contributed by atoms with Gasteiger partial charge in [-0.3, -0.25) is 9.80 Å². The Morgan fingerprint density at radius 1 is 0.811 bits per heavy atom. The van der Waals surface area contributed by atoms with Gasteiger partial charge in [-0.15, -0.1) is 32.0 Å². The van der Waals surface area contributed by atoms with Crippen molar-refractivity contribution in [3.63, 3.8) is 0 Å². The molecular formula is C16H29ClN10O6S4. The van der Waals surface area contributed by atoms with Gasteiger partial charge in [0.05, 0.1) is 0 Å². The Bertz CT molecular complexity index is 1280. The van der Waals surface area contributed by atoms with E-state index in [1.165, 1.54) is 57.0 Å². The molecule has 0 unspecified atom stereocenters. The average molecular weight is 621 g/mol. The second-order valence-electron chi connectivity index (χ2n) is 7.35. The van der Waals surface area contributed by atoms with Crippen LogP contribution >= 0.6 is 34.3 Å². The maximum atomic E-state index is 12.1. The minimum Gasteiger partial charge on any atom is -0.341 e. The SMILES string of the molecule is CN(C)C(=O)N(C)c1nnc(S(=O)(=O)N(C)CCCl)s1.CNC(=O)N(C)c1nnc(S(=O)(=O)N(C)C)s1. The molecular weight excluding hydrogens is 592 g/mol. The fraction of sp³-hybridized carbons (Fsp3) is 0.625. The molecule has 4 amide bonds. The molecule has 0 atom stereocenters. The Hall–Kier alpha value is -2.23. The molecule has 2 aromatic rings. The third-order valence-corrected chi connectivity index (χ3v) is 10.8. The maximum Gasteiger partial charge on any atom is 0.325 e. The summed E-state index contributed by atoms with van der Waals surface area (Å²) < 4.78 is 49.5. The number of nitrogens with zero attached hydrogens (tertiary/aromatic N) is 9. The normalized spacial score (nSPS) is 11.6. The van der Waals surface area contributed by atoms with E-state index in [4.69, 9.17) is 11.6 Å². The number of hydrogen-bond donors (Lipinski definition) is 1. The van der Waals surface area contributed by atoms with Crippen molar-refractivity contribution in [3.8, 4) is 0 Å². The number of nitrogens with one attached hydrogen (secondary N) is 1. The summed E-state index contributed by atoms with van der Waals surface area (Å²) in [7, 11) is 4.52. The number of hydrogen-bond acceptors (Lipinski definition) is 12. The van der Waals surface area contributed by atoms with Gasteiger partial charge in [-0.25, -0.2) is 30.7 Å². The predicted molar refractivity (Wildman–Crippen MR) is 142 cm³/mol. The molecule has 0 aliphatic carbocycles. The molecule has 0 saturated carbocycles. The van der Waals surface area contributed by atoms with Gasteiger partial charge < -0.3 is 10.2 Å². The van der Waals surface area contributed by atoms with Crippen molar-refractivity contribution in [1.82, 2.24) is 39.2 Å². The minimum absolute atomic E-state index is 0.145. The zero-order valence-electron chi connectivity index (χ0n) is 21.4. The van der Waals surface area contributed by atoms with E-state index in [-0.39, 0.29) is 37.4 Å². The molecule has 0 aromatic carbocycles. The quantitative estimate of drug-likeness (QED) is 0.313. The number of anilines is 2. The largest absolute Gasteiger partial charge is 0.341 e. The molecule has 2 aromatic heterocycles. The van der Waals surface area contributed by atoms with Crippen LogP contribution in [0.5, 0.6) is 0 Å². The lowest BCUT2D eigenvalue weighted by atomic mass is 10.7. The lowest BCUT2D eigenvalue weighted by Crippen LogP contribution is -2.36. The number of urea groups is 2. The number of rotatable bonds is 8. The highest BCUT2D eigenvalue weighted by Crippen LogP contribution is 2.26. The number of sulfonamides is 2. The van der Waals surface area contributed by atoms with Crippen molar-refractivity contribution in [2.45, 2.75) is 8.68 Å². The first-order valence-corrected chi connectivity index (χ1v) is 15.1. The first kappa shape index (κ1) is 32.8. The number of carbonyl (C=O) groups is 2. The lowest BCUT2D eigenvalue weighted by Gasteiger charge is -2.18. The Morgan fingerprint density at radius 2 is 1.27 bits per heavy atom. The van der Waals surface area contributed by atoms with Crippen LogP contribution in [0.3, 0.4) is 0 Å². The average Bonchev–Trinajstić information content (AvgIpc) is 3.53. The fourth-order valence-electron chi connectivity index (χ4n) is 2.05. The Kier molecular flexibility index (Phi) is 12.0. The molecule has 0 bridgehead atoms. The van der Waals surface area contributed by atoms with Crippen LogP contribution in [0.15, 0.2) is 8.68 Å². The number of halogens is 1. The number of carbonyl (C=O) groups excluding carboxylic acids is 2. The van der Waals surface area contributed by atoms with E-state index in [9.17, 15) is 26.4 Å². The van der Waals surface area contributed by atoms with E-state index in [2.05, 4.69) is 25.7 Å². The summed E-state index contributed by atoms with van der Waals surface area (Å²) in [5.41, 5.74) is 0. The molecule has 1 N–H and O–H groups in total. The summed E-state index contributed by atoms with van der Waals surface area (Å²) >= 11 is 7.19. The number of aromatic nitrogens is 4. The molecule has 0 radical (unpaired) electrons. The highest BCUT2D eigenvalue weighted by Gasteiger charge is 2.27. The molecule has 21 heteroatoms. The highest BCUT2D eigenvalue weighted by molar-refractivity contribution is 7.91. The zero-order chi connectivity index (χ0) is 28.7. The minimum atomic E-state index is -3.72. The smallest absolute Gasteiger partial charge is 0.325 e. The van der Waals surface area contributed by atoms with Gasteiger partial charge >= 0.3 is 12.1 Å². The molecule has 2 heterocycles. The van der Waals surface area contributed by atoms with E-state index in [0.29, 0.717) is 0 Å². The summed E-state index contributed by atoms with van der Waals surface area (Å²) in [5.74, 6) is 0.181.